The molecule has 0 aromatic heterocycles. The molecule has 0 spiro atoms. The molecule has 2 atom stereocenters. The van der Waals surface area contributed by atoms with E-state index in [0.29, 0.717) is 19.5 Å². The van der Waals surface area contributed by atoms with Crippen molar-refractivity contribution >= 4 is 5.69 Å². The summed E-state index contributed by atoms with van der Waals surface area (Å²) in [7, 11) is 0. The summed E-state index contributed by atoms with van der Waals surface area (Å²) in [6.45, 7) is 2.64. The van der Waals surface area contributed by atoms with Crippen LogP contribution in [0, 0.1) is 0 Å². The van der Waals surface area contributed by atoms with Crippen molar-refractivity contribution in [2.24, 2.45) is 0 Å². The molecule has 0 saturated carbocycles. The lowest BCUT2D eigenvalue weighted by Gasteiger charge is -2.33. The van der Waals surface area contributed by atoms with Gasteiger partial charge < -0.3 is 20.4 Å². The van der Waals surface area contributed by atoms with Gasteiger partial charge in [0.15, 0.2) is 0 Å². The number of benzene rings is 3. The molecule has 3 aromatic carbocycles. The second-order valence-electron chi connectivity index (χ2n) is 8.57. The van der Waals surface area contributed by atoms with Gasteiger partial charge in [-0.05, 0) is 34.7 Å². The number of hydrogen-bond acceptors (Lipinski definition) is 4. The summed E-state index contributed by atoms with van der Waals surface area (Å²) >= 11 is 0. The van der Waals surface area contributed by atoms with E-state index in [0.717, 1.165) is 52.2 Å². The van der Waals surface area contributed by atoms with Crippen molar-refractivity contribution in [3.8, 4) is 11.1 Å². The Morgan fingerprint density at radius 2 is 1.69 bits per heavy atom. The third-order valence-corrected chi connectivity index (χ3v) is 6.92. The van der Waals surface area contributed by atoms with Crippen LogP contribution >= 0.6 is 0 Å². The van der Waals surface area contributed by atoms with Crippen LogP contribution in [-0.2, 0) is 17.7 Å². The van der Waals surface area contributed by atoms with E-state index in [9.17, 15) is 10.2 Å². The van der Waals surface area contributed by atoms with Crippen molar-refractivity contribution < 1.29 is 10.2 Å². The Morgan fingerprint density at radius 1 is 0.897 bits per heavy atom. The minimum atomic E-state index is -0.981. The maximum atomic E-state index is 11.7. The predicted molar refractivity (Wildman–Crippen MR) is 114 cm³/mol. The molecule has 146 valence electrons. The molecule has 1 saturated heterocycles. The first-order chi connectivity index (χ1) is 14.1. The Balaban J connectivity index is 1.49. The number of β-amino-alcohol motifs (C(OH)–C–C–N with tert-alkyl or cyclic N) is 2. The zero-order valence-electron chi connectivity index (χ0n) is 16.2. The molecular formula is C25H24N2O2. The molecule has 2 heterocycles. The van der Waals surface area contributed by atoms with Crippen LogP contribution in [0.1, 0.15) is 28.7 Å². The highest BCUT2D eigenvalue weighted by molar-refractivity contribution is 5.91. The van der Waals surface area contributed by atoms with Crippen LogP contribution < -0.4 is 10.2 Å². The summed E-state index contributed by atoms with van der Waals surface area (Å²) < 4.78 is 0. The van der Waals surface area contributed by atoms with Crippen molar-refractivity contribution in [3.63, 3.8) is 0 Å². The van der Waals surface area contributed by atoms with E-state index in [1.807, 2.05) is 48.5 Å². The zero-order chi connectivity index (χ0) is 19.6. The van der Waals surface area contributed by atoms with Crippen LogP contribution in [-0.4, -0.2) is 29.8 Å². The third-order valence-electron chi connectivity index (χ3n) is 6.92. The molecule has 0 bridgehead atoms. The SMILES string of the molecule is O[C@]1(c2ccccc2)CCN(c2ccc3c4c2-c2ccccc2[C@@]4(O)CNC3)C1. The van der Waals surface area contributed by atoms with Crippen LogP contribution in [0.3, 0.4) is 0 Å². The summed E-state index contributed by atoms with van der Waals surface area (Å²) in [6, 6.07) is 22.5. The van der Waals surface area contributed by atoms with Gasteiger partial charge in [-0.3, -0.25) is 0 Å². The first kappa shape index (κ1) is 17.2. The molecule has 3 aromatic rings. The van der Waals surface area contributed by atoms with E-state index in [4.69, 9.17) is 0 Å². The fourth-order valence-corrected chi connectivity index (χ4v) is 5.53. The van der Waals surface area contributed by atoms with E-state index in [1.54, 1.807) is 0 Å². The first-order valence-corrected chi connectivity index (χ1v) is 10.3. The lowest BCUT2D eigenvalue weighted by atomic mass is 9.85. The number of rotatable bonds is 2. The van der Waals surface area contributed by atoms with Crippen molar-refractivity contribution in [1.82, 2.24) is 5.32 Å². The lowest BCUT2D eigenvalue weighted by Crippen LogP contribution is -2.42. The van der Waals surface area contributed by atoms with Crippen LogP contribution in [0.4, 0.5) is 5.69 Å². The number of nitrogens with one attached hydrogen (secondary N) is 1. The normalized spacial score (nSPS) is 27.0. The van der Waals surface area contributed by atoms with Crippen molar-refractivity contribution in [1.29, 1.82) is 0 Å². The molecule has 2 aliphatic heterocycles. The van der Waals surface area contributed by atoms with Gasteiger partial charge >= 0.3 is 0 Å². The average Bonchev–Trinajstić information content (AvgIpc) is 3.28. The number of anilines is 1. The van der Waals surface area contributed by atoms with Gasteiger partial charge in [0.1, 0.15) is 11.2 Å². The molecule has 1 fully saturated rings. The van der Waals surface area contributed by atoms with Crippen molar-refractivity contribution in [2.75, 3.05) is 24.5 Å². The first-order valence-electron chi connectivity index (χ1n) is 10.3. The highest BCUT2D eigenvalue weighted by Gasteiger charge is 2.47. The van der Waals surface area contributed by atoms with Crippen molar-refractivity contribution in [2.45, 2.75) is 24.2 Å². The summed E-state index contributed by atoms with van der Waals surface area (Å²) in [5.41, 5.74) is 5.69. The predicted octanol–water partition coefficient (Wildman–Crippen LogP) is 3.10. The Kier molecular flexibility index (Phi) is 3.52. The number of nitrogens with zero attached hydrogens (tertiary/aromatic N) is 1. The highest BCUT2D eigenvalue weighted by atomic mass is 16.3. The van der Waals surface area contributed by atoms with Gasteiger partial charge in [-0.2, -0.15) is 0 Å². The average molecular weight is 384 g/mol. The van der Waals surface area contributed by atoms with Gasteiger partial charge in [0.05, 0.1) is 6.54 Å². The zero-order valence-corrected chi connectivity index (χ0v) is 16.2. The summed E-state index contributed by atoms with van der Waals surface area (Å²) in [5.74, 6) is 0. The molecule has 3 aliphatic rings. The molecule has 0 unspecified atom stereocenters. The summed E-state index contributed by atoms with van der Waals surface area (Å²) in [4.78, 5) is 2.28. The van der Waals surface area contributed by atoms with Crippen LogP contribution in [0.25, 0.3) is 11.1 Å². The molecular weight excluding hydrogens is 360 g/mol. The van der Waals surface area contributed by atoms with Gasteiger partial charge in [0.25, 0.3) is 0 Å². The van der Waals surface area contributed by atoms with Crippen LogP contribution in [0.15, 0.2) is 66.7 Å². The second-order valence-corrected chi connectivity index (χ2v) is 8.57. The van der Waals surface area contributed by atoms with Gasteiger partial charge in [-0.25, -0.2) is 0 Å². The number of fused-ring (bicyclic) bond motifs is 3. The lowest BCUT2D eigenvalue weighted by molar-refractivity contribution is 0.0607. The molecule has 4 nitrogen and oxygen atoms in total. The van der Waals surface area contributed by atoms with E-state index in [2.05, 4.69) is 28.4 Å². The largest absolute Gasteiger partial charge is 0.383 e. The van der Waals surface area contributed by atoms with Crippen LogP contribution in [0.5, 0.6) is 0 Å². The van der Waals surface area contributed by atoms with Gasteiger partial charge in [-0.15, -0.1) is 0 Å². The smallest absolute Gasteiger partial charge is 0.129 e. The minimum Gasteiger partial charge on any atom is -0.383 e. The Morgan fingerprint density at radius 3 is 2.55 bits per heavy atom. The standard InChI is InChI=1S/C25H24N2O2/c28-24(18-6-2-1-3-7-18)12-13-27(16-24)21-11-10-17-14-26-15-25(29)20-9-5-4-8-19(20)22(21)23(17)25/h1-11,26,28-29H,12-16H2/t24-,25+/m1/s1. The topological polar surface area (TPSA) is 55.7 Å². The third kappa shape index (κ3) is 2.31. The number of aliphatic hydroxyl groups is 2. The molecule has 1 aliphatic carbocycles. The van der Waals surface area contributed by atoms with Gasteiger partial charge in [0, 0.05) is 36.4 Å². The van der Waals surface area contributed by atoms with E-state index >= 15 is 0 Å². The maximum absolute atomic E-state index is 11.7. The number of hydrogen-bond donors (Lipinski definition) is 3. The van der Waals surface area contributed by atoms with Gasteiger partial charge in [0.2, 0.25) is 0 Å². The Bertz CT molecular complexity index is 1110. The highest BCUT2D eigenvalue weighted by Crippen LogP contribution is 2.54. The van der Waals surface area contributed by atoms with E-state index in [-0.39, 0.29) is 0 Å². The fraction of sp³-hybridized carbons (Fsp3) is 0.280. The van der Waals surface area contributed by atoms with Gasteiger partial charge in [-0.1, -0.05) is 60.7 Å². The van der Waals surface area contributed by atoms with E-state index in [1.165, 1.54) is 0 Å². The second kappa shape index (κ2) is 5.92. The fourth-order valence-electron chi connectivity index (χ4n) is 5.53. The maximum Gasteiger partial charge on any atom is 0.129 e. The summed E-state index contributed by atoms with van der Waals surface area (Å²) in [6.07, 6.45) is 0.695. The minimum absolute atomic E-state index is 0.529. The van der Waals surface area contributed by atoms with Crippen LogP contribution in [0.2, 0.25) is 0 Å². The van der Waals surface area contributed by atoms with Crippen molar-refractivity contribution in [3.05, 3.63) is 89.0 Å². The molecule has 0 radical (unpaired) electrons. The Hall–Kier alpha value is -2.66. The van der Waals surface area contributed by atoms with E-state index < -0.39 is 11.2 Å². The molecule has 4 heteroatoms. The Labute approximate surface area is 170 Å². The molecule has 0 amide bonds. The monoisotopic (exact) mass is 384 g/mol. The molecule has 6 rings (SSSR count). The quantitative estimate of drug-likeness (QED) is 0.636. The molecule has 3 N–H and O–H groups in total. The summed E-state index contributed by atoms with van der Waals surface area (Å²) in [5, 5.41) is 26.4. The molecule has 29 heavy (non-hydrogen) atoms.